The van der Waals surface area contributed by atoms with Gasteiger partial charge in [0, 0.05) is 16.7 Å². The number of aliphatic carboxylic acids is 1. The predicted molar refractivity (Wildman–Crippen MR) is 67.7 cm³/mol. The zero-order valence-electron chi connectivity index (χ0n) is 10.3. The van der Waals surface area contributed by atoms with E-state index >= 15 is 0 Å². The van der Waals surface area contributed by atoms with Crippen molar-refractivity contribution in [2.45, 2.75) is 24.7 Å². The van der Waals surface area contributed by atoms with Crippen molar-refractivity contribution in [3.8, 4) is 11.5 Å². The predicted octanol–water partition coefficient (Wildman–Crippen LogP) is 2.86. The first-order valence-electron chi connectivity index (χ1n) is 5.70. The van der Waals surface area contributed by atoms with Crippen molar-refractivity contribution >= 4 is 17.6 Å². The van der Waals surface area contributed by atoms with Crippen molar-refractivity contribution in [1.29, 1.82) is 0 Å². The number of benzene rings is 1. The molecule has 0 aliphatic heterocycles. The molecule has 0 atom stereocenters. The minimum Gasteiger partial charge on any atom is -0.493 e. The van der Waals surface area contributed by atoms with Crippen molar-refractivity contribution in [1.82, 2.24) is 0 Å². The molecule has 0 saturated heterocycles. The van der Waals surface area contributed by atoms with Crippen LogP contribution in [-0.4, -0.2) is 25.3 Å². The van der Waals surface area contributed by atoms with E-state index in [1.165, 1.54) is 14.2 Å². The zero-order valence-corrected chi connectivity index (χ0v) is 11.1. The first kappa shape index (κ1) is 13.0. The van der Waals surface area contributed by atoms with Crippen LogP contribution in [0.25, 0.3) is 0 Å². The third-order valence-corrected chi connectivity index (χ3v) is 3.79. The fourth-order valence-electron chi connectivity index (χ4n) is 2.41. The normalized spacial score (nSPS) is 16.8. The standard InChI is InChI=1S/C13H15ClO4/c1-17-10-7-8(14)6-9(11(10)18-2)13(12(15)16)4-3-5-13/h6-7H,3-5H2,1-2H3,(H,15,16). The number of carboxylic acids is 1. The van der Waals surface area contributed by atoms with E-state index in [9.17, 15) is 9.90 Å². The van der Waals surface area contributed by atoms with Gasteiger partial charge < -0.3 is 14.6 Å². The molecule has 4 nitrogen and oxygen atoms in total. The lowest BCUT2D eigenvalue weighted by molar-refractivity contribution is -0.147. The Morgan fingerprint density at radius 1 is 1.33 bits per heavy atom. The Balaban J connectivity index is 2.62. The van der Waals surface area contributed by atoms with Crippen LogP contribution in [0.3, 0.4) is 0 Å². The zero-order chi connectivity index (χ0) is 13.3. The maximum Gasteiger partial charge on any atom is 0.314 e. The number of hydrogen-bond acceptors (Lipinski definition) is 3. The average molecular weight is 271 g/mol. The summed E-state index contributed by atoms with van der Waals surface area (Å²) in [5, 5.41) is 9.93. The lowest BCUT2D eigenvalue weighted by atomic mass is 9.64. The van der Waals surface area contributed by atoms with Crippen LogP contribution in [-0.2, 0) is 10.2 Å². The molecule has 98 valence electrons. The van der Waals surface area contributed by atoms with Gasteiger partial charge in [0.25, 0.3) is 0 Å². The Bertz CT molecular complexity index is 480. The maximum absolute atomic E-state index is 11.5. The Morgan fingerprint density at radius 3 is 2.39 bits per heavy atom. The summed E-state index contributed by atoms with van der Waals surface area (Å²) in [5.41, 5.74) is -0.281. The van der Waals surface area contributed by atoms with Crippen molar-refractivity contribution in [2.24, 2.45) is 0 Å². The molecule has 0 unspecified atom stereocenters. The molecule has 18 heavy (non-hydrogen) atoms. The van der Waals surface area contributed by atoms with Crippen LogP contribution in [0.5, 0.6) is 11.5 Å². The number of rotatable bonds is 4. The number of methoxy groups -OCH3 is 2. The van der Waals surface area contributed by atoms with E-state index in [1.807, 2.05) is 0 Å². The topological polar surface area (TPSA) is 55.8 Å². The van der Waals surface area contributed by atoms with Crippen LogP contribution in [0.4, 0.5) is 0 Å². The molecule has 2 rings (SSSR count). The van der Waals surface area contributed by atoms with Gasteiger partial charge in [0.1, 0.15) is 0 Å². The Hall–Kier alpha value is -1.42. The van der Waals surface area contributed by atoms with Crippen molar-refractivity contribution in [2.75, 3.05) is 14.2 Å². The van der Waals surface area contributed by atoms with E-state index in [1.54, 1.807) is 12.1 Å². The third kappa shape index (κ3) is 1.81. The van der Waals surface area contributed by atoms with Crippen molar-refractivity contribution < 1.29 is 19.4 Å². The average Bonchev–Trinajstić information content (AvgIpc) is 2.26. The number of halogens is 1. The summed E-state index contributed by atoms with van der Waals surface area (Å²) < 4.78 is 10.5. The molecule has 0 aromatic heterocycles. The van der Waals surface area contributed by atoms with E-state index in [0.717, 1.165) is 6.42 Å². The second-order valence-corrected chi connectivity index (χ2v) is 4.87. The SMILES string of the molecule is COc1cc(Cl)cc(C2(C(=O)O)CCC2)c1OC. The number of carbonyl (C=O) groups is 1. The molecule has 1 aromatic rings. The van der Waals surface area contributed by atoms with Crippen LogP contribution < -0.4 is 9.47 Å². The minimum absolute atomic E-state index is 0.454. The highest BCUT2D eigenvalue weighted by atomic mass is 35.5. The van der Waals surface area contributed by atoms with Gasteiger partial charge in [0.2, 0.25) is 0 Å². The molecule has 1 fully saturated rings. The quantitative estimate of drug-likeness (QED) is 0.914. The Labute approximate surface area is 110 Å². The van der Waals surface area contributed by atoms with Crippen molar-refractivity contribution in [3.05, 3.63) is 22.7 Å². The highest BCUT2D eigenvalue weighted by Gasteiger charge is 2.48. The molecule has 1 N–H and O–H groups in total. The molecule has 5 heteroatoms. The van der Waals surface area contributed by atoms with E-state index < -0.39 is 11.4 Å². The molecule has 1 aliphatic rings. The van der Waals surface area contributed by atoms with Gasteiger partial charge in [-0.3, -0.25) is 4.79 Å². The molecule has 1 aromatic carbocycles. The Morgan fingerprint density at radius 2 is 2.00 bits per heavy atom. The van der Waals surface area contributed by atoms with E-state index in [4.69, 9.17) is 21.1 Å². The molecular weight excluding hydrogens is 256 g/mol. The first-order chi connectivity index (χ1) is 8.55. The number of hydrogen-bond donors (Lipinski definition) is 1. The van der Waals surface area contributed by atoms with Crippen LogP contribution in [0.1, 0.15) is 24.8 Å². The third-order valence-electron chi connectivity index (χ3n) is 3.58. The molecule has 0 spiro atoms. The van der Waals surface area contributed by atoms with Gasteiger partial charge in [-0.15, -0.1) is 0 Å². The first-order valence-corrected chi connectivity index (χ1v) is 6.08. The molecule has 1 aliphatic carbocycles. The smallest absolute Gasteiger partial charge is 0.314 e. The molecule has 0 amide bonds. The fraction of sp³-hybridized carbons (Fsp3) is 0.462. The van der Waals surface area contributed by atoms with Gasteiger partial charge in [-0.2, -0.15) is 0 Å². The number of ether oxygens (including phenoxy) is 2. The summed E-state index contributed by atoms with van der Waals surface area (Å²) in [7, 11) is 3.01. The monoisotopic (exact) mass is 270 g/mol. The summed E-state index contributed by atoms with van der Waals surface area (Å²) >= 11 is 6.02. The summed E-state index contributed by atoms with van der Waals surface area (Å²) in [6, 6.07) is 3.29. The van der Waals surface area contributed by atoms with Gasteiger partial charge in [0.15, 0.2) is 11.5 Å². The Kier molecular flexibility index (Phi) is 3.39. The summed E-state index contributed by atoms with van der Waals surface area (Å²) in [6.07, 6.45) is 2.09. The summed E-state index contributed by atoms with van der Waals surface area (Å²) in [6.45, 7) is 0. The molecule has 0 radical (unpaired) electrons. The molecule has 0 bridgehead atoms. The minimum atomic E-state index is -0.885. The van der Waals surface area contributed by atoms with Crippen LogP contribution in [0.15, 0.2) is 12.1 Å². The second-order valence-electron chi connectivity index (χ2n) is 4.43. The summed E-state index contributed by atoms with van der Waals surface area (Å²) in [5.74, 6) is 0.0906. The van der Waals surface area contributed by atoms with Crippen LogP contribution in [0.2, 0.25) is 5.02 Å². The van der Waals surface area contributed by atoms with Gasteiger partial charge in [-0.05, 0) is 18.9 Å². The van der Waals surface area contributed by atoms with Gasteiger partial charge in [-0.1, -0.05) is 18.0 Å². The van der Waals surface area contributed by atoms with Gasteiger partial charge in [-0.25, -0.2) is 0 Å². The van der Waals surface area contributed by atoms with Crippen LogP contribution in [0, 0.1) is 0 Å². The second kappa shape index (κ2) is 4.69. The molecule has 1 saturated carbocycles. The van der Waals surface area contributed by atoms with Gasteiger partial charge in [0.05, 0.1) is 19.6 Å². The van der Waals surface area contributed by atoms with E-state index in [0.29, 0.717) is 34.9 Å². The largest absolute Gasteiger partial charge is 0.493 e. The molecule has 0 heterocycles. The maximum atomic E-state index is 11.5. The van der Waals surface area contributed by atoms with Crippen molar-refractivity contribution in [3.63, 3.8) is 0 Å². The lowest BCUT2D eigenvalue weighted by Gasteiger charge is -2.39. The van der Waals surface area contributed by atoms with Gasteiger partial charge >= 0.3 is 5.97 Å². The number of carboxylic acid groups (broad SMARTS) is 1. The lowest BCUT2D eigenvalue weighted by Crippen LogP contribution is -2.42. The fourth-order valence-corrected chi connectivity index (χ4v) is 2.62. The summed E-state index contributed by atoms with van der Waals surface area (Å²) in [4.78, 5) is 11.5. The molecular formula is C13H15ClO4. The van der Waals surface area contributed by atoms with Crippen LogP contribution >= 0.6 is 11.6 Å². The van der Waals surface area contributed by atoms with E-state index in [-0.39, 0.29) is 0 Å². The highest BCUT2D eigenvalue weighted by Crippen LogP contribution is 2.50. The highest BCUT2D eigenvalue weighted by molar-refractivity contribution is 6.31. The van der Waals surface area contributed by atoms with E-state index in [2.05, 4.69) is 0 Å².